The highest BCUT2D eigenvalue weighted by molar-refractivity contribution is 7.92. The second kappa shape index (κ2) is 8.39. The van der Waals surface area contributed by atoms with E-state index in [-0.39, 0.29) is 5.69 Å². The lowest BCUT2D eigenvalue weighted by atomic mass is 10.1. The highest BCUT2D eigenvalue weighted by Crippen LogP contribution is 2.26. The van der Waals surface area contributed by atoms with Crippen molar-refractivity contribution >= 4 is 21.6 Å². The quantitative estimate of drug-likeness (QED) is 0.784. The molecule has 1 N–H and O–H groups in total. The van der Waals surface area contributed by atoms with Crippen LogP contribution in [0.15, 0.2) is 48.5 Å². The van der Waals surface area contributed by atoms with E-state index in [9.17, 15) is 17.6 Å². The zero-order valence-electron chi connectivity index (χ0n) is 15.6. The third-order valence-electron chi connectivity index (χ3n) is 4.14. The molecule has 0 saturated heterocycles. The maximum atomic E-state index is 14.2. The summed E-state index contributed by atoms with van der Waals surface area (Å²) in [4.78, 5) is 12.7. The molecule has 0 radical (unpaired) electrons. The SMILES string of the molecule is COc1ccccc1[C@@H](C)NC(=O)[C@@H](C)N(c1ccccc1F)S(C)(=O)=O. The number of carbonyl (C=O) groups is 1. The number of ether oxygens (including phenoxy) is 1. The number of nitrogens with one attached hydrogen (secondary N) is 1. The number of benzene rings is 2. The Morgan fingerprint density at radius 3 is 2.30 bits per heavy atom. The molecule has 27 heavy (non-hydrogen) atoms. The van der Waals surface area contributed by atoms with E-state index in [0.717, 1.165) is 22.2 Å². The van der Waals surface area contributed by atoms with E-state index in [2.05, 4.69) is 5.32 Å². The highest BCUT2D eigenvalue weighted by atomic mass is 32.2. The van der Waals surface area contributed by atoms with Crippen molar-refractivity contribution in [3.8, 4) is 5.75 Å². The minimum atomic E-state index is -3.89. The van der Waals surface area contributed by atoms with Gasteiger partial charge in [-0.15, -0.1) is 0 Å². The molecule has 0 fully saturated rings. The predicted molar refractivity (Wildman–Crippen MR) is 103 cm³/mol. The first-order valence-corrected chi connectivity index (χ1v) is 10.2. The first-order valence-electron chi connectivity index (χ1n) is 8.34. The fourth-order valence-electron chi connectivity index (χ4n) is 2.85. The van der Waals surface area contributed by atoms with Gasteiger partial charge in [0.1, 0.15) is 17.6 Å². The summed E-state index contributed by atoms with van der Waals surface area (Å²) in [5.74, 6) is -0.672. The largest absolute Gasteiger partial charge is 0.496 e. The molecule has 2 aromatic rings. The normalized spacial score (nSPS) is 13.5. The van der Waals surface area contributed by atoms with Gasteiger partial charge in [-0.2, -0.15) is 0 Å². The summed E-state index contributed by atoms with van der Waals surface area (Å²) in [5.41, 5.74) is 0.574. The molecule has 0 saturated carbocycles. The van der Waals surface area contributed by atoms with Gasteiger partial charge in [0.25, 0.3) is 0 Å². The van der Waals surface area contributed by atoms with Gasteiger partial charge in [-0.3, -0.25) is 9.10 Å². The van der Waals surface area contributed by atoms with Crippen molar-refractivity contribution < 1.29 is 22.3 Å². The molecule has 0 bridgehead atoms. The minimum Gasteiger partial charge on any atom is -0.496 e. The van der Waals surface area contributed by atoms with Crippen LogP contribution >= 0.6 is 0 Å². The van der Waals surface area contributed by atoms with E-state index in [1.165, 1.54) is 32.2 Å². The first kappa shape index (κ1) is 20.7. The first-order chi connectivity index (χ1) is 12.7. The van der Waals surface area contributed by atoms with Gasteiger partial charge in [0.2, 0.25) is 15.9 Å². The number of rotatable bonds is 7. The van der Waals surface area contributed by atoms with Gasteiger partial charge in [-0.25, -0.2) is 12.8 Å². The Hall–Kier alpha value is -2.61. The molecule has 0 aliphatic heterocycles. The molecule has 8 heteroatoms. The summed E-state index contributed by atoms with van der Waals surface area (Å²) in [6.45, 7) is 3.17. The summed E-state index contributed by atoms with van der Waals surface area (Å²) in [6.07, 6.45) is 0.937. The average Bonchev–Trinajstić information content (AvgIpc) is 2.62. The maximum Gasteiger partial charge on any atom is 0.244 e. The standard InChI is InChI=1S/C19H23FN2O4S/c1-13(15-9-5-8-12-18(15)26-3)21-19(23)14(2)22(27(4,24)25)17-11-7-6-10-16(17)20/h5-14H,1-4H3,(H,21,23)/t13-,14-/m1/s1. The van der Waals surface area contributed by atoms with Crippen LogP contribution in [0.1, 0.15) is 25.5 Å². The topological polar surface area (TPSA) is 75.7 Å². The number of halogens is 1. The molecule has 6 nitrogen and oxygen atoms in total. The Kier molecular flexibility index (Phi) is 6.43. The van der Waals surface area contributed by atoms with Crippen LogP contribution in [0.25, 0.3) is 0 Å². The summed E-state index contributed by atoms with van der Waals surface area (Å²) in [7, 11) is -2.36. The van der Waals surface area contributed by atoms with Crippen LogP contribution in [-0.2, 0) is 14.8 Å². The molecular formula is C19H23FN2O4S. The lowest BCUT2D eigenvalue weighted by Crippen LogP contribution is -2.48. The van der Waals surface area contributed by atoms with E-state index in [1.54, 1.807) is 19.1 Å². The van der Waals surface area contributed by atoms with Crippen LogP contribution in [0.2, 0.25) is 0 Å². The molecular weight excluding hydrogens is 371 g/mol. The van der Waals surface area contributed by atoms with Crippen LogP contribution in [0, 0.1) is 5.82 Å². The Morgan fingerprint density at radius 2 is 1.70 bits per heavy atom. The molecule has 1 amide bonds. The van der Waals surface area contributed by atoms with Gasteiger partial charge in [0.05, 0.1) is 25.1 Å². The predicted octanol–water partition coefficient (Wildman–Crippen LogP) is 2.87. The number of para-hydroxylation sites is 2. The molecule has 0 unspecified atom stereocenters. The van der Waals surface area contributed by atoms with E-state index in [0.29, 0.717) is 5.75 Å². The van der Waals surface area contributed by atoms with Gasteiger partial charge in [0, 0.05) is 5.56 Å². The second-order valence-corrected chi connectivity index (χ2v) is 8.02. The number of hydrogen-bond acceptors (Lipinski definition) is 4. The summed E-state index contributed by atoms with van der Waals surface area (Å²) < 4.78 is 44.7. The molecule has 0 aromatic heterocycles. The number of hydrogen-bond donors (Lipinski definition) is 1. The van der Waals surface area contributed by atoms with E-state index >= 15 is 0 Å². The van der Waals surface area contributed by atoms with Crippen molar-refractivity contribution in [2.24, 2.45) is 0 Å². The van der Waals surface area contributed by atoms with Crippen molar-refractivity contribution in [2.75, 3.05) is 17.7 Å². The highest BCUT2D eigenvalue weighted by Gasteiger charge is 2.31. The molecule has 0 spiro atoms. The fraction of sp³-hybridized carbons (Fsp3) is 0.316. The van der Waals surface area contributed by atoms with Crippen LogP contribution < -0.4 is 14.4 Å². The molecule has 2 atom stereocenters. The number of sulfonamides is 1. The Bertz CT molecular complexity index is 917. The fourth-order valence-corrected chi connectivity index (χ4v) is 4.02. The zero-order valence-corrected chi connectivity index (χ0v) is 16.5. The lowest BCUT2D eigenvalue weighted by molar-refractivity contribution is -0.122. The van der Waals surface area contributed by atoms with Gasteiger partial charge < -0.3 is 10.1 Å². The number of nitrogens with zero attached hydrogens (tertiary/aromatic N) is 1. The minimum absolute atomic E-state index is 0.174. The zero-order chi connectivity index (χ0) is 20.2. The van der Waals surface area contributed by atoms with Crippen LogP contribution in [0.5, 0.6) is 5.75 Å². The van der Waals surface area contributed by atoms with Gasteiger partial charge in [0.15, 0.2) is 0 Å². The second-order valence-electron chi connectivity index (χ2n) is 6.16. The Labute approximate surface area is 159 Å². The molecule has 0 aliphatic rings. The molecule has 0 heterocycles. The average molecular weight is 394 g/mol. The molecule has 2 rings (SSSR count). The van der Waals surface area contributed by atoms with Crippen LogP contribution in [-0.4, -0.2) is 33.7 Å². The summed E-state index contributed by atoms with van der Waals surface area (Å²) in [5, 5.41) is 2.76. The van der Waals surface area contributed by atoms with Crippen molar-refractivity contribution in [1.82, 2.24) is 5.32 Å². The van der Waals surface area contributed by atoms with Crippen molar-refractivity contribution in [3.63, 3.8) is 0 Å². The third-order valence-corrected chi connectivity index (χ3v) is 5.37. The molecule has 146 valence electrons. The molecule has 2 aromatic carbocycles. The number of anilines is 1. The third kappa shape index (κ3) is 4.77. The smallest absolute Gasteiger partial charge is 0.244 e. The monoisotopic (exact) mass is 394 g/mol. The van der Waals surface area contributed by atoms with E-state index < -0.39 is 33.8 Å². The van der Waals surface area contributed by atoms with Gasteiger partial charge >= 0.3 is 0 Å². The van der Waals surface area contributed by atoms with Crippen LogP contribution in [0.3, 0.4) is 0 Å². The Balaban J connectivity index is 2.29. The van der Waals surface area contributed by atoms with E-state index in [4.69, 9.17) is 4.74 Å². The summed E-state index contributed by atoms with van der Waals surface area (Å²) >= 11 is 0. The number of methoxy groups -OCH3 is 1. The van der Waals surface area contributed by atoms with Crippen molar-refractivity contribution in [2.45, 2.75) is 25.9 Å². The van der Waals surface area contributed by atoms with Crippen molar-refractivity contribution in [3.05, 3.63) is 59.9 Å². The number of carbonyl (C=O) groups excluding carboxylic acids is 1. The van der Waals surface area contributed by atoms with Crippen molar-refractivity contribution in [1.29, 1.82) is 0 Å². The van der Waals surface area contributed by atoms with Gasteiger partial charge in [-0.1, -0.05) is 30.3 Å². The Morgan fingerprint density at radius 1 is 1.11 bits per heavy atom. The number of amides is 1. The van der Waals surface area contributed by atoms with Gasteiger partial charge in [-0.05, 0) is 32.0 Å². The summed E-state index contributed by atoms with van der Waals surface area (Å²) in [6, 6.07) is 11.1. The van der Waals surface area contributed by atoms with E-state index in [1.807, 2.05) is 12.1 Å². The lowest BCUT2D eigenvalue weighted by Gasteiger charge is -2.29. The van der Waals surface area contributed by atoms with Crippen LogP contribution in [0.4, 0.5) is 10.1 Å². The maximum absolute atomic E-state index is 14.2. The molecule has 0 aliphatic carbocycles.